The minimum Gasteiger partial charge on any atom is -0.207 e. The van der Waals surface area contributed by atoms with Crippen LogP contribution in [-0.2, 0) is 12.8 Å². The predicted octanol–water partition coefficient (Wildman–Crippen LogP) is 7.45. The second-order valence-electron chi connectivity index (χ2n) is 8.22. The number of hydrogen-bond donors (Lipinski definition) is 0. The fraction of sp³-hybridized carbons (Fsp3) is 0.481. The molecule has 1 heteroatoms. The van der Waals surface area contributed by atoms with Crippen molar-refractivity contribution in [1.82, 2.24) is 0 Å². The average molecular weight is 377 g/mol. The molecular formula is C27H33F. The molecule has 0 aromatic heterocycles. The SMILES string of the molecule is CCCCc1ccc(C2CCC(C#Cc3ccc(CCC)c(F)c3)CC2)cc1. The maximum absolute atomic E-state index is 14.1. The molecule has 0 saturated heterocycles. The van der Waals surface area contributed by atoms with Crippen molar-refractivity contribution in [3.05, 3.63) is 70.5 Å². The molecule has 0 bridgehead atoms. The molecule has 0 N–H and O–H groups in total. The highest BCUT2D eigenvalue weighted by Crippen LogP contribution is 2.35. The van der Waals surface area contributed by atoms with Gasteiger partial charge in [0.15, 0.2) is 0 Å². The average Bonchev–Trinajstić information content (AvgIpc) is 2.73. The van der Waals surface area contributed by atoms with Gasteiger partial charge in [-0.1, -0.05) is 68.9 Å². The molecule has 2 aromatic rings. The van der Waals surface area contributed by atoms with Crippen molar-refractivity contribution >= 4 is 0 Å². The Morgan fingerprint density at radius 2 is 1.64 bits per heavy atom. The van der Waals surface area contributed by atoms with Gasteiger partial charge in [-0.25, -0.2) is 4.39 Å². The lowest BCUT2D eigenvalue weighted by Crippen LogP contribution is -2.12. The monoisotopic (exact) mass is 376 g/mol. The van der Waals surface area contributed by atoms with E-state index in [-0.39, 0.29) is 5.82 Å². The summed E-state index contributed by atoms with van der Waals surface area (Å²) in [7, 11) is 0. The molecule has 0 nitrogen and oxygen atoms in total. The normalized spacial score (nSPS) is 19.1. The maximum atomic E-state index is 14.1. The highest BCUT2D eigenvalue weighted by Gasteiger charge is 2.21. The van der Waals surface area contributed by atoms with Crippen LogP contribution in [0, 0.1) is 23.6 Å². The molecule has 0 spiro atoms. The molecule has 0 amide bonds. The molecule has 0 aliphatic heterocycles. The molecule has 0 heterocycles. The fourth-order valence-corrected chi connectivity index (χ4v) is 4.19. The third kappa shape index (κ3) is 5.71. The Morgan fingerprint density at radius 3 is 2.29 bits per heavy atom. The molecule has 2 aromatic carbocycles. The van der Waals surface area contributed by atoms with Crippen LogP contribution in [0.3, 0.4) is 0 Å². The van der Waals surface area contributed by atoms with Crippen LogP contribution in [0.15, 0.2) is 42.5 Å². The first kappa shape index (κ1) is 20.7. The van der Waals surface area contributed by atoms with Crippen molar-refractivity contribution in [3.63, 3.8) is 0 Å². The van der Waals surface area contributed by atoms with Crippen LogP contribution in [-0.4, -0.2) is 0 Å². The van der Waals surface area contributed by atoms with Gasteiger partial charge in [-0.05, 0) is 79.7 Å². The smallest absolute Gasteiger partial charge is 0.127 e. The van der Waals surface area contributed by atoms with E-state index >= 15 is 0 Å². The first-order valence-corrected chi connectivity index (χ1v) is 11.1. The number of benzene rings is 2. The van der Waals surface area contributed by atoms with Gasteiger partial charge in [0.05, 0.1) is 0 Å². The topological polar surface area (TPSA) is 0 Å². The lowest BCUT2D eigenvalue weighted by atomic mass is 9.78. The maximum Gasteiger partial charge on any atom is 0.127 e. The van der Waals surface area contributed by atoms with E-state index in [0.29, 0.717) is 11.8 Å². The predicted molar refractivity (Wildman–Crippen MR) is 117 cm³/mol. The largest absolute Gasteiger partial charge is 0.207 e. The van der Waals surface area contributed by atoms with E-state index in [9.17, 15) is 4.39 Å². The highest BCUT2D eigenvalue weighted by molar-refractivity contribution is 5.37. The van der Waals surface area contributed by atoms with Gasteiger partial charge in [-0.3, -0.25) is 0 Å². The van der Waals surface area contributed by atoms with Gasteiger partial charge in [0, 0.05) is 11.5 Å². The molecule has 0 atom stereocenters. The zero-order valence-electron chi connectivity index (χ0n) is 17.4. The number of rotatable bonds is 6. The van der Waals surface area contributed by atoms with Gasteiger partial charge in [-0.15, -0.1) is 0 Å². The van der Waals surface area contributed by atoms with E-state index < -0.39 is 0 Å². The summed E-state index contributed by atoms with van der Waals surface area (Å²) < 4.78 is 14.1. The summed E-state index contributed by atoms with van der Waals surface area (Å²) in [6.45, 7) is 4.32. The number of unbranched alkanes of at least 4 members (excludes halogenated alkanes) is 1. The molecule has 1 fully saturated rings. The third-order valence-corrected chi connectivity index (χ3v) is 5.99. The molecule has 148 valence electrons. The minimum atomic E-state index is -0.111. The lowest BCUT2D eigenvalue weighted by molar-refractivity contribution is 0.384. The zero-order chi connectivity index (χ0) is 19.8. The van der Waals surface area contributed by atoms with Crippen LogP contribution < -0.4 is 0 Å². The first-order valence-electron chi connectivity index (χ1n) is 11.1. The Morgan fingerprint density at radius 1 is 0.893 bits per heavy atom. The van der Waals surface area contributed by atoms with Crippen LogP contribution >= 0.6 is 0 Å². The molecule has 1 aliphatic rings. The van der Waals surface area contributed by atoms with E-state index in [1.807, 2.05) is 12.1 Å². The lowest BCUT2D eigenvalue weighted by Gasteiger charge is -2.26. The Balaban J connectivity index is 1.53. The van der Waals surface area contributed by atoms with Gasteiger partial charge < -0.3 is 0 Å². The van der Waals surface area contributed by atoms with E-state index in [1.165, 1.54) is 43.2 Å². The van der Waals surface area contributed by atoms with Crippen LogP contribution in [0.4, 0.5) is 4.39 Å². The molecule has 0 radical (unpaired) electrons. The van der Waals surface area contributed by atoms with Crippen LogP contribution in [0.25, 0.3) is 0 Å². The van der Waals surface area contributed by atoms with Crippen molar-refractivity contribution in [1.29, 1.82) is 0 Å². The third-order valence-electron chi connectivity index (χ3n) is 5.99. The number of halogens is 1. The van der Waals surface area contributed by atoms with Crippen LogP contribution in [0.5, 0.6) is 0 Å². The molecule has 0 unspecified atom stereocenters. The zero-order valence-corrected chi connectivity index (χ0v) is 17.4. The quantitative estimate of drug-likeness (QED) is 0.459. The molecule has 28 heavy (non-hydrogen) atoms. The first-order chi connectivity index (χ1) is 13.7. The fourth-order valence-electron chi connectivity index (χ4n) is 4.19. The number of aryl methyl sites for hydroxylation is 2. The summed E-state index contributed by atoms with van der Waals surface area (Å²) in [5.74, 6) is 7.62. The summed E-state index contributed by atoms with van der Waals surface area (Å²) in [6.07, 6.45) is 10.2. The van der Waals surface area contributed by atoms with Crippen LogP contribution in [0.1, 0.15) is 87.0 Å². The minimum absolute atomic E-state index is 0.111. The molecular weight excluding hydrogens is 343 g/mol. The van der Waals surface area contributed by atoms with E-state index in [2.05, 4.69) is 50.0 Å². The summed E-state index contributed by atoms with van der Waals surface area (Å²) in [6, 6.07) is 14.8. The van der Waals surface area contributed by atoms with Crippen molar-refractivity contribution in [2.45, 2.75) is 77.6 Å². The molecule has 1 aliphatic carbocycles. The van der Waals surface area contributed by atoms with Gasteiger partial charge in [-0.2, -0.15) is 0 Å². The highest BCUT2D eigenvalue weighted by atomic mass is 19.1. The summed E-state index contributed by atoms with van der Waals surface area (Å²) in [5, 5.41) is 0. The van der Waals surface area contributed by atoms with Gasteiger partial charge in [0.25, 0.3) is 0 Å². The molecule has 3 rings (SSSR count). The van der Waals surface area contributed by atoms with E-state index in [4.69, 9.17) is 0 Å². The van der Waals surface area contributed by atoms with Crippen molar-refractivity contribution in [2.75, 3.05) is 0 Å². The van der Waals surface area contributed by atoms with Gasteiger partial charge >= 0.3 is 0 Å². The van der Waals surface area contributed by atoms with E-state index in [1.54, 1.807) is 6.07 Å². The van der Waals surface area contributed by atoms with Gasteiger partial charge in [0.2, 0.25) is 0 Å². The summed E-state index contributed by atoms with van der Waals surface area (Å²) >= 11 is 0. The Bertz CT molecular complexity index is 798. The van der Waals surface area contributed by atoms with Crippen molar-refractivity contribution in [3.8, 4) is 11.8 Å². The number of hydrogen-bond acceptors (Lipinski definition) is 0. The Labute approximate surface area is 170 Å². The van der Waals surface area contributed by atoms with E-state index in [0.717, 1.165) is 36.8 Å². The Hall–Kier alpha value is -2.07. The summed E-state index contributed by atoms with van der Waals surface area (Å²) in [5.41, 5.74) is 4.55. The van der Waals surface area contributed by atoms with Crippen molar-refractivity contribution in [2.24, 2.45) is 5.92 Å². The second-order valence-corrected chi connectivity index (χ2v) is 8.22. The molecule has 1 saturated carbocycles. The second kappa shape index (κ2) is 10.5. The Kier molecular flexibility index (Phi) is 7.72. The van der Waals surface area contributed by atoms with Gasteiger partial charge in [0.1, 0.15) is 5.82 Å². The summed E-state index contributed by atoms with van der Waals surface area (Å²) in [4.78, 5) is 0. The standard InChI is InChI=1S/C27H33F/c1-3-5-7-21-10-15-24(16-11-21)25-17-12-22(13-18-25)8-9-23-14-19-26(6-4-2)27(28)20-23/h10-11,14-16,19-20,22,25H,3-7,12-13,17-18H2,1-2H3. The van der Waals surface area contributed by atoms with Crippen molar-refractivity contribution < 1.29 is 4.39 Å². The van der Waals surface area contributed by atoms with Crippen LogP contribution in [0.2, 0.25) is 0 Å².